The second kappa shape index (κ2) is 6.77. The van der Waals surface area contributed by atoms with Crippen molar-refractivity contribution in [1.29, 1.82) is 0 Å². The number of nitrogens with one attached hydrogen (secondary N) is 1. The van der Waals surface area contributed by atoms with Crippen LogP contribution in [0.5, 0.6) is 0 Å². The number of nitrogens with zero attached hydrogens (tertiary/aromatic N) is 3. The molecule has 1 N–H and O–H groups in total. The Morgan fingerprint density at radius 3 is 2.48 bits per heavy atom. The molecule has 1 aromatic heterocycles. The highest BCUT2D eigenvalue weighted by Crippen LogP contribution is 2.34. The number of halogens is 1. The molecule has 2 bridgehead atoms. The van der Waals surface area contributed by atoms with Crippen molar-refractivity contribution in [1.82, 2.24) is 20.0 Å². The van der Waals surface area contributed by atoms with Gasteiger partial charge in [0.05, 0.1) is 5.52 Å². The summed E-state index contributed by atoms with van der Waals surface area (Å²) in [5, 5.41) is 7.80. The van der Waals surface area contributed by atoms with Crippen LogP contribution in [-0.4, -0.2) is 45.8 Å². The number of amides is 1. The molecular weight excluding hydrogens is 340 g/mol. The van der Waals surface area contributed by atoms with Gasteiger partial charge >= 0.3 is 0 Å². The summed E-state index contributed by atoms with van der Waals surface area (Å²) in [6.45, 7) is 0. The van der Waals surface area contributed by atoms with Crippen LogP contribution in [0.1, 0.15) is 36.2 Å². The van der Waals surface area contributed by atoms with Gasteiger partial charge in [-0.3, -0.25) is 14.3 Å². The monoisotopic (exact) mass is 362 g/mol. The predicted octanol–water partition coefficient (Wildman–Crippen LogP) is 1.71. The molecule has 2 aromatic rings. The molecule has 1 aromatic carbocycles. The lowest BCUT2D eigenvalue weighted by Crippen LogP contribution is -2.49. The second-order valence-corrected chi connectivity index (χ2v) is 7.01. The first-order valence-electron chi connectivity index (χ1n) is 8.53. The van der Waals surface area contributed by atoms with Crippen molar-refractivity contribution >= 4 is 29.2 Å². The Hall–Kier alpha value is -1.92. The van der Waals surface area contributed by atoms with Crippen molar-refractivity contribution in [3.63, 3.8) is 0 Å². The summed E-state index contributed by atoms with van der Waals surface area (Å²) in [6.07, 6.45) is 4.30. The summed E-state index contributed by atoms with van der Waals surface area (Å²) in [4.78, 5) is 27.7. The van der Waals surface area contributed by atoms with Crippen LogP contribution in [0.25, 0.3) is 10.9 Å². The van der Waals surface area contributed by atoms with Crippen LogP contribution >= 0.6 is 12.4 Å². The molecule has 2 saturated heterocycles. The van der Waals surface area contributed by atoms with E-state index in [-0.39, 0.29) is 35.5 Å². The summed E-state index contributed by atoms with van der Waals surface area (Å²) in [6, 6.07) is 8.45. The minimum absolute atomic E-state index is 0. The number of aromatic nitrogens is 2. The lowest BCUT2D eigenvalue weighted by atomic mass is 9.98. The van der Waals surface area contributed by atoms with E-state index < -0.39 is 0 Å². The molecule has 25 heavy (non-hydrogen) atoms. The van der Waals surface area contributed by atoms with E-state index in [0.29, 0.717) is 17.5 Å². The fourth-order valence-corrected chi connectivity index (χ4v) is 4.26. The maximum Gasteiger partial charge on any atom is 0.276 e. The third-order valence-electron chi connectivity index (χ3n) is 5.61. The number of piperidine rings is 1. The maximum absolute atomic E-state index is 12.6. The molecular formula is C18H23ClN4O2. The van der Waals surface area contributed by atoms with Gasteiger partial charge in [-0.15, -0.1) is 12.4 Å². The topological polar surface area (TPSA) is 67.2 Å². The highest BCUT2D eigenvalue weighted by molar-refractivity contribution is 5.95. The zero-order chi connectivity index (χ0) is 16.8. The van der Waals surface area contributed by atoms with Gasteiger partial charge < -0.3 is 10.2 Å². The van der Waals surface area contributed by atoms with E-state index in [0.717, 1.165) is 18.4 Å². The van der Waals surface area contributed by atoms with Crippen molar-refractivity contribution in [2.45, 2.75) is 43.8 Å². The summed E-state index contributed by atoms with van der Waals surface area (Å²) >= 11 is 0. The first-order valence-corrected chi connectivity index (χ1v) is 8.53. The SMILES string of the molecule is CN1[C@@H]2CC[C@H]1C[C@@H](NC(=O)c1nn(C)c3ccccc3c1=O)C2.Cl. The average molecular weight is 363 g/mol. The van der Waals surface area contributed by atoms with Crippen LogP contribution in [0.2, 0.25) is 0 Å². The Bertz CT molecular complexity index is 852. The van der Waals surface area contributed by atoms with E-state index in [1.54, 1.807) is 23.9 Å². The normalized spacial score (nSPS) is 25.6. The fraction of sp³-hybridized carbons (Fsp3) is 0.500. The lowest BCUT2D eigenvalue weighted by Gasteiger charge is -2.36. The highest BCUT2D eigenvalue weighted by Gasteiger charge is 2.39. The minimum atomic E-state index is -0.352. The van der Waals surface area contributed by atoms with E-state index in [1.807, 2.05) is 12.1 Å². The summed E-state index contributed by atoms with van der Waals surface area (Å²) < 4.78 is 1.60. The number of para-hydroxylation sites is 1. The molecule has 1 amide bonds. The van der Waals surface area contributed by atoms with Crippen LogP contribution in [0.4, 0.5) is 0 Å². The van der Waals surface area contributed by atoms with Crippen molar-refractivity contribution in [2.75, 3.05) is 7.05 Å². The van der Waals surface area contributed by atoms with Gasteiger partial charge in [-0.1, -0.05) is 12.1 Å². The van der Waals surface area contributed by atoms with Crippen LogP contribution in [0, 0.1) is 0 Å². The number of hydrogen-bond donors (Lipinski definition) is 1. The van der Waals surface area contributed by atoms with E-state index in [2.05, 4.69) is 22.4 Å². The minimum Gasteiger partial charge on any atom is -0.348 e. The molecule has 3 atom stereocenters. The van der Waals surface area contributed by atoms with E-state index >= 15 is 0 Å². The molecule has 3 heterocycles. The third-order valence-corrected chi connectivity index (χ3v) is 5.61. The molecule has 2 aliphatic rings. The van der Waals surface area contributed by atoms with Crippen molar-refractivity contribution < 1.29 is 4.79 Å². The van der Waals surface area contributed by atoms with Crippen molar-refractivity contribution in [3.05, 3.63) is 40.2 Å². The third kappa shape index (κ3) is 3.04. The highest BCUT2D eigenvalue weighted by atomic mass is 35.5. The average Bonchev–Trinajstić information content (AvgIpc) is 2.80. The first kappa shape index (κ1) is 17.9. The number of hydrogen-bond acceptors (Lipinski definition) is 4. The first-order chi connectivity index (χ1) is 11.5. The largest absolute Gasteiger partial charge is 0.348 e. The standard InChI is InChI=1S/C18H22N4O2.ClH/c1-21-12-7-8-13(21)10-11(9-12)19-18(24)16-17(23)14-5-3-4-6-15(14)22(2)20-16;/h3-6,11-13H,7-10H2,1-2H3,(H,19,24);1H/t11-,12+,13-;. The second-order valence-electron chi connectivity index (χ2n) is 7.01. The van der Waals surface area contributed by atoms with Gasteiger partial charge in [-0.25, -0.2) is 0 Å². The number of carbonyl (C=O) groups is 1. The Balaban J connectivity index is 0.00000182. The molecule has 7 heteroatoms. The summed E-state index contributed by atoms with van der Waals surface area (Å²) in [5.41, 5.74) is 0.427. The molecule has 134 valence electrons. The van der Waals surface area contributed by atoms with Gasteiger partial charge in [0.2, 0.25) is 5.43 Å². The molecule has 0 radical (unpaired) electrons. The number of fused-ring (bicyclic) bond motifs is 3. The molecule has 2 fully saturated rings. The van der Waals surface area contributed by atoms with Crippen molar-refractivity contribution in [3.8, 4) is 0 Å². The van der Waals surface area contributed by atoms with Crippen LogP contribution < -0.4 is 10.7 Å². The van der Waals surface area contributed by atoms with E-state index in [1.165, 1.54) is 12.8 Å². The Kier molecular flexibility index (Phi) is 4.84. The van der Waals surface area contributed by atoms with Gasteiger partial charge in [0, 0.05) is 30.6 Å². The quantitative estimate of drug-likeness (QED) is 0.883. The fourth-order valence-electron chi connectivity index (χ4n) is 4.26. The Labute approximate surface area is 152 Å². The van der Waals surface area contributed by atoms with E-state index in [4.69, 9.17) is 0 Å². The van der Waals surface area contributed by atoms with Gasteiger partial charge in [0.25, 0.3) is 5.91 Å². The molecule has 6 nitrogen and oxygen atoms in total. The number of carbonyl (C=O) groups excluding carboxylic acids is 1. The maximum atomic E-state index is 12.6. The zero-order valence-corrected chi connectivity index (χ0v) is 15.3. The van der Waals surface area contributed by atoms with E-state index in [9.17, 15) is 9.59 Å². The van der Waals surface area contributed by atoms with Crippen LogP contribution in [0.15, 0.2) is 29.1 Å². The van der Waals surface area contributed by atoms with Gasteiger partial charge in [0.15, 0.2) is 5.69 Å². The molecule has 0 spiro atoms. The van der Waals surface area contributed by atoms with Gasteiger partial charge in [0.1, 0.15) is 0 Å². The molecule has 4 rings (SSSR count). The van der Waals surface area contributed by atoms with Gasteiger partial charge in [-0.05, 0) is 44.9 Å². The molecule has 0 unspecified atom stereocenters. The summed E-state index contributed by atoms with van der Waals surface area (Å²) in [7, 11) is 3.93. The van der Waals surface area contributed by atoms with Crippen LogP contribution in [0.3, 0.4) is 0 Å². The smallest absolute Gasteiger partial charge is 0.276 e. The molecule has 0 aliphatic carbocycles. The Morgan fingerprint density at radius 1 is 1.16 bits per heavy atom. The molecule has 0 saturated carbocycles. The number of benzene rings is 1. The number of rotatable bonds is 2. The predicted molar refractivity (Wildman–Crippen MR) is 99.3 cm³/mol. The Morgan fingerprint density at radius 2 is 1.80 bits per heavy atom. The van der Waals surface area contributed by atoms with Crippen LogP contribution in [-0.2, 0) is 7.05 Å². The summed E-state index contributed by atoms with van der Waals surface area (Å²) in [5.74, 6) is -0.352. The van der Waals surface area contributed by atoms with Crippen molar-refractivity contribution in [2.24, 2.45) is 7.05 Å². The zero-order valence-electron chi connectivity index (χ0n) is 14.4. The van der Waals surface area contributed by atoms with Gasteiger partial charge in [-0.2, -0.15) is 5.10 Å². The molecule has 2 aliphatic heterocycles. The number of aryl methyl sites for hydroxylation is 1. The lowest BCUT2D eigenvalue weighted by molar-refractivity contribution is 0.0874.